The van der Waals surface area contributed by atoms with Gasteiger partial charge in [-0.3, -0.25) is 14.4 Å². The van der Waals surface area contributed by atoms with Crippen molar-refractivity contribution in [2.24, 2.45) is 0 Å². The molecule has 3 amide bonds. The molecule has 6 aliphatic rings. The molecule has 1 unspecified atom stereocenters. The Hall–Kier alpha value is -2.67. The molecule has 0 aliphatic carbocycles. The molecule has 0 aromatic rings. The minimum absolute atomic E-state index is 0.792. The second-order valence-electron chi connectivity index (χ2n) is 19.0. The van der Waals surface area contributed by atoms with Gasteiger partial charge in [-0.2, -0.15) is 0 Å². The fourth-order valence-corrected chi connectivity index (χ4v) is 9.55. The first-order valence-electron chi connectivity index (χ1n) is 23.9. The average molecular weight is 1100 g/mol. The standard InChI is InChI=1S/C42H71N3O30/c1-10-22(53)28(59)31(62)40(66-10)75-36-30(61)24(55)15(6-47)69-42(36)73-34-16(7-48)70-38(19(26(34)57)43-11(2)50)65-9-18-25(56)35(21(37(64)67-18)45-13(4)52)74-39-20(44-12(3)51)27(58)33(17(8-49)71-39)72-41-32(63)29(60)23(54)14(5-46)68-41/h10,14-42,46-49,53-64H,5-9H2,1-4H3,(H,43,50)(H,44,51)(H,45,52)/t10-,14+,15+,16+,17+,18+,19+,20+,21+,22+,23-,24-,25-,26+,27+,28+,29-,30-,31-,32+,33+,34+,35+,36+,37?,38+,39-,40-,41-,42-/m0/s1. The number of carbonyl (C=O) groups is 3. The van der Waals surface area contributed by atoms with Gasteiger partial charge in [-0.15, -0.1) is 0 Å². The van der Waals surface area contributed by atoms with Gasteiger partial charge in [-0.1, -0.05) is 0 Å². The van der Waals surface area contributed by atoms with E-state index in [0.29, 0.717) is 0 Å². The van der Waals surface area contributed by atoms with Crippen LogP contribution in [0.1, 0.15) is 27.7 Å². The minimum Gasteiger partial charge on any atom is -0.394 e. The molecule has 0 aromatic heterocycles. The van der Waals surface area contributed by atoms with Crippen molar-refractivity contribution in [2.45, 2.75) is 212 Å². The van der Waals surface area contributed by atoms with Gasteiger partial charge in [0.1, 0.15) is 140 Å². The maximum absolute atomic E-state index is 12.6. The van der Waals surface area contributed by atoms with Crippen molar-refractivity contribution in [2.75, 3.05) is 33.0 Å². The number of hydrogen-bond donors (Lipinski definition) is 19. The van der Waals surface area contributed by atoms with Crippen molar-refractivity contribution in [3.8, 4) is 0 Å². The van der Waals surface area contributed by atoms with Crippen LogP contribution < -0.4 is 16.0 Å². The normalized spacial score (nSPS) is 48.6. The Morgan fingerprint density at radius 1 is 0.373 bits per heavy atom. The van der Waals surface area contributed by atoms with Crippen molar-refractivity contribution < 1.29 is 148 Å². The topological polar surface area (TPSA) is 513 Å². The molecule has 33 nitrogen and oxygen atoms in total. The second-order valence-corrected chi connectivity index (χ2v) is 19.0. The van der Waals surface area contributed by atoms with Gasteiger partial charge in [0.15, 0.2) is 37.7 Å². The molecule has 33 heteroatoms. The van der Waals surface area contributed by atoms with Crippen molar-refractivity contribution in [1.29, 1.82) is 0 Å². The summed E-state index contributed by atoms with van der Waals surface area (Å²) in [5.41, 5.74) is 0. The first-order chi connectivity index (χ1) is 35.4. The molecule has 434 valence electrons. The van der Waals surface area contributed by atoms with Gasteiger partial charge in [0.2, 0.25) is 17.7 Å². The van der Waals surface area contributed by atoms with Crippen molar-refractivity contribution in [3.05, 3.63) is 0 Å². The molecule has 0 bridgehead atoms. The van der Waals surface area contributed by atoms with E-state index in [-0.39, 0.29) is 0 Å². The lowest BCUT2D eigenvalue weighted by Crippen LogP contribution is -2.71. The molecule has 6 heterocycles. The minimum atomic E-state index is -2.06. The lowest BCUT2D eigenvalue weighted by atomic mass is 9.93. The van der Waals surface area contributed by atoms with E-state index in [1.807, 2.05) is 0 Å². The number of ether oxygens (including phenoxy) is 11. The van der Waals surface area contributed by atoms with E-state index in [9.17, 15) is 96.1 Å². The van der Waals surface area contributed by atoms with Crippen molar-refractivity contribution >= 4 is 17.7 Å². The summed E-state index contributed by atoms with van der Waals surface area (Å²) in [6.45, 7) is -0.136. The van der Waals surface area contributed by atoms with E-state index >= 15 is 0 Å². The summed E-state index contributed by atoms with van der Waals surface area (Å²) in [4.78, 5) is 37.5. The predicted octanol–water partition coefficient (Wildman–Crippen LogP) is -12.6. The Balaban J connectivity index is 1.21. The Labute approximate surface area is 426 Å². The summed E-state index contributed by atoms with van der Waals surface area (Å²) >= 11 is 0. The third-order valence-electron chi connectivity index (χ3n) is 13.6. The summed E-state index contributed by atoms with van der Waals surface area (Å²) in [5.74, 6) is -2.40. The smallest absolute Gasteiger partial charge is 0.217 e. The zero-order valence-electron chi connectivity index (χ0n) is 40.7. The SMILES string of the molecule is CC(=O)N[C@H]1[C@H](O[C@H]2[C@@H](O)[C@@H](CO[C@@H]3O[C@H](CO)[C@@H](O[C@@H]4O[C@H](CO)[C@H](O)[C@H](O)[C@H]4O[C@@H]4O[C@@H](C)[C@@H](O)[C@@H](O)[C@@H]4O)[C@H](O)[C@H]3NC(C)=O)OC(O)[C@@H]2NC(C)=O)O[C@H](CO)[C@@H](O[C@@H]2O[C@H](CO)[C@H](O)[C@H](O)[C@H]2O)[C@@H]1O. The van der Waals surface area contributed by atoms with Crippen molar-refractivity contribution in [1.82, 2.24) is 16.0 Å². The van der Waals surface area contributed by atoms with Crippen LogP contribution in [0.15, 0.2) is 0 Å². The molecule has 6 aliphatic heterocycles. The summed E-state index contributed by atoms with van der Waals surface area (Å²) in [6.07, 6.45) is -48.6. The molecule has 0 radical (unpaired) electrons. The molecule has 6 saturated heterocycles. The number of nitrogens with one attached hydrogen (secondary N) is 3. The summed E-state index contributed by atoms with van der Waals surface area (Å²) in [7, 11) is 0. The van der Waals surface area contributed by atoms with Crippen LogP contribution in [0.2, 0.25) is 0 Å². The zero-order chi connectivity index (χ0) is 55.5. The van der Waals surface area contributed by atoms with Crippen LogP contribution in [0.3, 0.4) is 0 Å². The van der Waals surface area contributed by atoms with E-state index in [2.05, 4.69) is 16.0 Å². The summed E-state index contributed by atoms with van der Waals surface area (Å²) in [5, 5.41) is 179. The maximum atomic E-state index is 12.6. The van der Waals surface area contributed by atoms with Gasteiger partial charge < -0.3 is 150 Å². The lowest BCUT2D eigenvalue weighted by Gasteiger charge is -2.50. The van der Waals surface area contributed by atoms with Gasteiger partial charge in [-0.05, 0) is 6.92 Å². The van der Waals surface area contributed by atoms with Crippen LogP contribution in [-0.2, 0) is 66.5 Å². The van der Waals surface area contributed by atoms with Crippen LogP contribution in [0.4, 0.5) is 0 Å². The molecule has 6 fully saturated rings. The fourth-order valence-electron chi connectivity index (χ4n) is 9.55. The Kier molecular flexibility index (Phi) is 21.8. The Bertz CT molecular complexity index is 1850. The highest BCUT2D eigenvalue weighted by atomic mass is 16.8. The van der Waals surface area contributed by atoms with E-state index in [4.69, 9.17) is 52.1 Å². The third-order valence-corrected chi connectivity index (χ3v) is 13.6. The fraction of sp³-hybridized carbons (Fsp3) is 0.929. The average Bonchev–Trinajstić information content (AvgIpc) is 3.36. The Morgan fingerprint density at radius 3 is 1.29 bits per heavy atom. The zero-order valence-corrected chi connectivity index (χ0v) is 40.7. The molecule has 0 saturated carbocycles. The first-order valence-corrected chi connectivity index (χ1v) is 23.9. The molecule has 19 N–H and O–H groups in total. The number of amides is 3. The molecule has 30 atom stereocenters. The highest BCUT2D eigenvalue weighted by molar-refractivity contribution is 5.74. The number of carbonyl (C=O) groups excluding carboxylic acids is 3. The third kappa shape index (κ3) is 13.7. The highest BCUT2D eigenvalue weighted by Gasteiger charge is 2.57. The van der Waals surface area contributed by atoms with E-state index in [0.717, 1.165) is 20.8 Å². The van der Waals surface area contributed by atoms with Gasteiger partial charge >= 0.3 is 0 Å². The summed E-state index contributed by atoms with van der Waals surface area (Å²) in [6, 6.07) is -5.05. The van der Waals surface area contributed by atoms with Crippen LogP contribution in [0.25, 0.3) is 0 Å². The molecule has 0 aromatic carbocycles. The second kappa shape index (κ2) is 26.5. The molecule has 6 rings (SSSR count). The highest BCUT2D eigenvalue weighted by Crippen LogP contribution is 2.36. The number of aliphatic hydroxyl groups is 16. The molecule has 75 heavy (non-hydrogen) atoms. The number of rotatable bonds is 18. The van der Waals surface area contributed by atoms with Crippen LogP contribution >= 0.6 is 0 Å². The van der Waals surface area contributed by atoms with Gasteiger partial charge in [0.25, 0.3) is 0 Å². The largest absolute Gasteiger partial charge is 0.394 e. The quantitative estimate of drug-likeness (QED) is 0.0606. The Morgan fingerprint density at radius 2 is 0.773 bits per heavy atom. The van der Waals surface area contributed by atoms with Crippen LogP contribution in [0, 0.1) is 0 Å². The van der Waals surface area contributed by atoms with Crippen LogP contribution in [-0.4, -0.2) is 317 Å². The maximum Gasteiger partial charge on any atom is 0.217 e. The molecular formula is C42H71N3O30. The first kappa shape index (κ1) is 61.5. The van der Waals surface area contributed by atoms with Crippen LogP contribution in [0.5, 0.6) is 0 Å². The monoisotopic (exact) mass is 1100 g/mol. The summed E-state index contributed by atoms with van der Waals surface area (Å²) < 4.78 is 63.5. The lowest BCUT2D eigenvalue weighted by molar-refractivity contribution is -0.383. The van der Waals surface area contributed by atoms with Crippen molar-refractivity contribution in [3.63, 3.8) is 0 Å². The van der Waals surface area contributed by atoms with E-state index in [1.165, 1.54) is 6.92 Å². The molecular weight excluding hydrogens is 1030 g/mol. The van der Waals surface area contributed by atoms with Gasteiger partial charge in [0, 0.05) is 20.8 Å². The van der Waals surface area contributed by atoms with Gasteiger partial charge in [-0.25, -0.2) is 0 Å². The molecule has 0 spiro atoms. The predicted molar refractivity (Wildman–Crippen MR) is 233 cm³/mol. The van der Waals surface area contributed by atoms with E-state index in [1.54, 1.807) is 0 Å². The number of hydrogen-bond acceptors (Lipinski definition) is 30. The van der Waals surface area contributed by atoms with Gasteiger partial charge in [0.05, 0.1) is 39.1 Å². The number of aliphatic hydroxyl groups excluding tert-OH is 16. The van der Waals surface area contributed by atoms with E-state index < -0.39 is 235 Å².